The lowest BCUT2D eigenvalue weighted by Gasteiger charge is -2.32. The smallest absolute Gasteiger partial charge is 0.323 e. The number of ether oxygens (including phenoxy) is 1. The maximum absolute atomic E-state index is 13.8. The van der Waals surface area contributed by atoms with E-state index < -0.39 is 5.82 Å². The Kier molecular flexibility index (Phi) is 4.94. The molecule has 25 heavy (non-hydrogen) atoms. The van der Waals surface area contributed by atoms with E-state index in [-0.39, 0.29) is 23.5 Å². The first-order valence-corrected chi connectivity index (χ1v) is 7.80. The van der Waals surface area contributed by atoms with E-state index in [1.807, 2.05) is 7.05 Å². The number of rotatable bonds is 3. The molecule has 1 aliphatic rings. The van der Waals surface area contributed by atoms with Crippen molar-refractivity contribution in [3.8, 4) is 11.6 Å². The van der Waals surface area contributed by atoms with Gasteiger partial charge in [-0.25, -0.2) is 19.2 Å². The number of nitrogens with one attached hydrogen (secondary N) is 1. The lowest BCUT2D eigenvalue weighted by Crippen LogP contribution is -2.48. The van der Waals surface area contributed by atoms with Gasteiger partial charge in [0, 0.05) is 44.0 Å². The Morgan fingerprint density at radius 3 is 2.72 bits per heavy atom. The zero-order valence-corrected chi connectivity index (χ0v) is 13.8. The Labute approximate surface area is 144 Å². The van der Waals surface area contributed by atoms with E-state index in [1.54, 1.807) is 4.90 Å². The molecule has 0 aliphatic carbocycles. The van der Waals surface area contributed by atoms with E-state index in [9.17, 15) is 9.18 Å². The van der Waals surface area contributed by atoms with Crippen LogP contribution in [0.25, 0.3) is 0 Å². The lowest BCUT2D eigenvalue weighted by molar-refractivity contribution is 0.164. The topological polar surface area (TPSA) is 96.6 Å². The van der Waals surface area contributed by atoms with Crippen LogP contribution in [0.2, 0.25) is 0 Å². The minimum absolute atomic E-state index is 0.00996. The molecular formula is C16H19FN6O2. The molecule has 1 aromatic carbocycles. The van der Waals surface area contributed by atoms with Gasteiger partial charge in [0.25, 0.3) is 0 Å². The molecule has 8 nitrogen and oxygen atoms in total. The average molecular weight is 346 g/mol. The van der Waals surface area contributed by atoms with Gasteiger partial charge in [-0.1, -0.05) is 0 Å². The number of carbonyl (C=O) groups excluding carboxylic acids is 1. The second kappa shape index (κ2) is 7.31. The summed E-state index contributed by atoms with van der Waals surface area (Å²) in [6.07, 6.45) is 1.24. The largest absolute Gasteiger partial charge is 0.436 e. The number of likely N-dealkylation sites (N-methyl/N-ethyl adjacent to an activating group) is 1. The quantitative estimate of drug-likeness (QED) is 0.822. The third-order valence-electron chi connectivity index (χ3n) is 3.84. The first kappa shape index (κ1) is 16.9. The number of piperazine rings is 1. The maximum Gasteiger partial charge on any atom is 0.323 e. The minimum Gasteiger partial charge on any atom is -0.436 e. The van der Waals surface area contributed by atoms with Crippen molar-refractivity contribution in [2.24, 2.45) is 0 Å². The SMILES string of the molecule is CN1CCN(C(=O)Nc2cc(Oc3ccc(N)cc3F)ncn2)CC1. The summed E-state index contributed by atoms with van der Waals surface area (Å²) in [5.74, 6) is -0.206. The number of anilines is 2. The predicted octanol–water partition coefficient (Wildman–Crippen LogP) is 1.77. The fourth-order valence-electron chi connectivity index (χ4n) is 2.37. The molecule has 1 aliphatic heterocycles. The minimum atomic E-state index is -0.596. The highest BCUT2D eigenvalue weighted by atomic mass is 19.1. The van der Waals surface area contributed by atoms with Gasteiger partial charge in [-0.2, -0.15) is 0 Å². The number of amides is 2. The van der Waals surface area contributed by atoms with Gasteiger partial charge in [-0.3, -0.25) is 5.32 Å². The van der Waals surface area contributed by atoms with Crippen molar-refractivity contribution in [2.45, 2.75) is 0 Å². The Morgan fingerprint density at radius 1 is 1.24 bits per heavy atom. The van der Waals surface area contributed by atoms with Crippen LogP contribution in [0.3, 0.4) is 0 Å². The van der Waals surface area contributed by atoms with E-state index in [2.05, 4.69) is 20.2 Å². The highest BCUT2D eigenvalue weighted by Gasteiger charge is 2.19. The number of benzene rings is 1. The van der Waals surface area contributed by atoms with Gasteiger partial charge in [0.1, 0.15) is 12.1 Å². The molecule has 1 saturated heterocycles. The molecule has 132 valence electrons. The van der Waals surface area contributed by atoms with Gasteiger partial charge < -0.3 is 20.3 Å². The molecule has 9 heteroatoms. The zero-order valence-electron chi connectivity index (χ0n) is 13.8. The molecule has 3 rings (SSSR count). The maximum atomic E-state index is 13.8. The molecule has 0 unspecified atom stereocenters. The van der Waals surface area contributed by atoms with Gasteiger partial charge in [-0.15, -0.1) is 0 Å². The number of hydrogen-bond acceptors (Lipinski definition) is 6. The Balaban J connectivity index is 1.66. The molecule has 0 spiro atoms. The highest BCUT2D eigenvalue weighted by Crippen LogP contribution is 2.25. The van der Waals surface area contributed by atoms with Gasteiger partial charge in [0.05, 0.1) is 0 Å². The third kappa shape index (κ3) is 4.32. The van der Waals surface area contributed by atoms with Crippen LogP contribution in [-0.4, -0.2) is 59.0 Å². The number of nitrogen functional groups attached to an aromatic ring is 1. The number of hydrogen-bond donors (Lipinski definition) is 2. The number of carbonyl (C=O) groups is 1. The van der Waals surface area contributed by atoms with Gasteiger partial charge in [-0.05, 0) is 19.2 Å². The summed E-state index contributed by atoms with van der Waals surface area (Å²) in [4.78, 5) is 24.0. The third-order valence-corrected chi connectivity index (χ3v) is 3.84. The van der Waals surface area contributed by atoms with Crippen LogP contribution in [0.15, 0.2) is 30.6 Å². The Hall–Kier alpha value is -2.94. The van der Waals surface area contributed by atoms with Crippen molar-refractivity contribution in [1.29, 1.82) is 0 Å². The van der Waals surface area contributed by atoms with E-state index >= 15 is 0 Å². The number of urea groups is 1. The summed E-state index contributed by atoms with van der Waals surface area (Å²) in [5.41, 5.74) is 5.80. The van der Waals surface area contributed by atoms with Crippen LogP contribution >= 0.6 is 0 Å². The number of halogens is 1. The van der Waals surface area contributed by atoms with Crippen molar-refractivity contribution in [2.75, 3.05) is 44.3 Å². The van der Waals surface area contributed by atoms with Crippen LogP contribution in [0.1, 0.15) is 0 Å². The highest BCUT2D eigenvalue weighted by molar-refractivity contribution is 5.88. The molecule has 2 aromatic rings. The summed E-state index contributed by atoms with van der Waals surface area (Å²) in [5, 5.41) is 2.70. The normalized spacial score (nSPS) is 15.0. The molecule has 0 bridgehead atoms. The van der Waals surface area contributed by atoms with Crippen LogP contribution in [-0.2, 0) is 0 Å². The van der Waals surface area contributed by atoms with E-state index in [0.717, 1.165) is 19.2 Å². The van der Waals surface area contributed by atoms with Gasteiger partial charge >= 0.3 is 6.03 Å². The first-order valence-electron chi connectivity index (χ1n) is 7.80. The van der Waals surface area contributed by atoms with E-state index in [1.165, 1.54) is 24.5 Å². The first-order chi connectivity index (χ1) is 12.0. The summed E-state index contributed by atoms with van der Waals surface area (Å²) in [6, 6.07) is 5.29. The van der Waals surface area contributed by atoms with Gasteiger partial charge in [0.15, 0.2) is 11.6 Å². The average Bonchev–Trinajstić information content (AvgIpc) is 2.58. The van der Waals surface area contributed by atoms with Crippen molar-refractivity contribution in [1.82, 2.24) is 19.8 Å². The molecule has 0 saturated carbocycles. The fourth-order valence-corrected chi connectivity index (χ4v) is 2.37. The summed E-state index contributed by atoms with van der Waals surface area (Å²) in [7, 11) is 2.01. The van der Waals surface area contributed by atoms with Gasteiger partial charge in [0.2, 0.25) is 5.88 Å². The standard InChI is InChI=1S/C16H19FN6O2/c1-22-4-6-23(7-5-22)16(24)21-14-9-15(20-10-19-14)25-13-3-2-11(18)8-12(13)17/h2-3,8-10H,4-7,18H2,1H3,(H,19,20,21,24). The molecule has 0 atom stereocenters. The predicted molar refractivity (Wildman–Crippen MR) is 91.0 cm³/mol. The monoisotopic (exact) mass is 346 g/mol. The summed E-state index contributed by atoms with van der Waals surface area (Å²) < 4.78 is 19.2. The lowest BCUT2D eigenvalue weighted by atomic mass is 10.3. The molecule has 2 heterocycles. The second-order valence-corrected chi connectivity index (χ2v) is 5.75. The van der Waals surface area contributed by atoms with E-state index in [0.29, 0.717) is 18.8 Å². The molecular weight excluding hydrogens is 327 g/mol. The van der Waals surface area contributed by atoms with Crippen molar-refractivity contribution >= 4 is 17.5 Å². The Bertz CT molecular complexity index is 764. The number of nitrogens with two attached hydrogens (primary N) is 1. The van der Waals surface area contributed by atoms with Crippen molar-refractivity contribution in [3.63, 3.8) is 0 Å². The van der Waals surface area contributed by atoms with Crippen LogP contribution in [0.5, 0.6) is 11.6 Å². The van der Waals surface area contributed by atoms with E-state index in [4.69, 9.17) is 10.5 Å². The van der Waals surface area contributed by atoms with Crippen LogP contribution in [0, 0.1) is 5.82 Å². The zero-order chi connectivity index (χ0) is 17.8. The molecule has 2 amide bonds. The summed E-state index contributed by atoms with van der Waals surface area (Å²) in [6.45, 7) is 2.94. The Morgan fingerprint density at radius 2 is 2.00 bits per heavy atom. The number of aromatic nitrogens is 2. The van der Waals surface area contributed by atoms with Crippen molar-refractivity contribution in [3.05, 3.63) is 36.4 Å². The van der Waals surface area contributed by atoms with Crippen LogP contribution in [0.4, 0.5) is 20.7 Å². The molecule has 1 aromatic heterocycles. The molecule has 3 N–H and O–H groups in total. The second-order valence-electron chi connectivity index (χ2n) is 5.75. The summed E-state index contributed by atoms with van der Waals surface area (Å²) >= 11 is 0. The van der Waals surface area contributed by atoms with Crippen LogP contribution < -0.4 is 15.8 Å². The fraction of sp³-hybridized carbons (Fsp3) is 0.312. The molecule has 0 radical (unpaired) electrons. The molecule has 1 fully saturated rings. The van der Waals surface area contributed by atoms with Crippen molar-refractivity contribution < 1.29 is 13.9 Å². The number of nitrogens with zero attached hydrogens (tertiary/aromatic N) is 4.